The molecule has 4 heteroatoms. The van der Waals surface area contributed by atoms with Crippen molar-refractivity contribution >= 4 is 11.3 Å². The van der Waals surface area contributed by atoms with E-state index in [9.17, 15) is 0 Å². The highest BCUT2D eigenvalue weighted by atomic mass is 32.1. The lowest BCUT2D eigenvalue weighted by Crippen LogP contribution is -2.28. The molecule has 1 aliphatic rings. The van der Waals surface area contributed by atoms with Crippen LogP contribution >= 0.6 is 11.3 Å². The van der Waals surface area contributed by atoms with Crippen LogP contribution in [0, 0.1) is 5.92 Å². The first-order valence-electron chi connectivity index (χ1n) is 5.64. The molecule has 1 unspecified atom stereocenters. The van der Waals surface area contributed by atoms with Crippen LogP contribution in [0.1, 0.15) is 12.8 Å². The number of aromatic nitrogens is 2. The Morgan fingerprint density at radius 3 is 3.12 bits per heavy atom. The summed E-state index contributed by atoms with van der Waals surface area (Å²) in [7, 11) is 0. The second-order valence-electron chi connectivity index (χ2n) is 4.41. The maximum atomic E-state index is 6.15. The molecule has 2 heterocycles. The third-order valence-electron chi connectivity index (χ3n) is 3.12. The van der Waals surface area contributed by atoms with Crippen LogP contribution in [-0.4, -0.2) is 15.6 Å². The zero-order valence-corrected chi connectivity index (χ0v) is 9.86. The molecule has 0 spiro atoms. The van der Waals surface area contributed by atoms with E-state index in [1.165, 1.54) is 23.4 Å². The van der Waals surface area contributed by atoms with Crippen molar-refractivity contribution in [3.05, 3.63) is 30.0 Å². The Hall–Kier alpha value is -1.13. The first kappa shape index (κ1) is 10.1. The fourth-order valence-corrected chi connectivity index (χ4v) is 2.75. The zero-order valence-electron chi connectivity index (χ0n) is 9.04. The van der Waals surface area contributed by atoms with Crippen LogP contribution in [0.4, 0.5) is 0 Å². The van der Waals surface area contributed by atoms with E-state index in [1.54, 1.807) is 11.3 Å². The van der Waals surface area contributed by atoms with Gasteiger partial charge >= 0.3 is 0 Å². The van der Waals surface area contributed by atoms with Crippen molar-refractivity contribution in [3.63, 3.8) is 0 Å². The van der Waals surface area contributed by atoms with Crippen LogP contribution in [0.2, 0.25) is 0 Å². The summed E-state index contributed by atoms with van der Waals surface area (Å²) in [5.41, 5.74) is 7.33. The van der Waals surface area contributed by atoms with Gasteiger partial charge in [-0.2, -0.15) is 0 Å². The second kappa shape index (κ2) is 4.03. The first-order chi connectivity index (χ1) is 7.84. The monoisotopic (exact) mass is 233 g/mol. The number of nitrogens with two attached hydrogens (primary N) is 1. The van der Waals surface area contributed by atoms with E-state index >= 15 is 0 Å². The van der Waals surface area contributed by atoms with Gasteiger partial charge in [-0.05, 0) is 30.2 Å². The van der Waals surface area contributed by atoms with Crippen LogP contribution in [0.15, 0.2) is 30.0 Å². The molecule has 1 saturated carbocycles. The summed E-state index contributed by atoms with van der Waals surface area (Å²) in [4.78, 5) is 5.49. The van der Waals surface area contributed by atoms with Crippen molar-refractivity contribution in [2.24, 2.45) is 11.7 Å². The molecule has 0 bridgehead atoms. The number of nitrogens with zero attached hydrogens (tertiary/aromatic N) is 2. The molecular formula is C12H15N3S. The van der Waals surface area contributed by atoms with Gasteiger partial charge in [-0.25, -0.2) is 4.98 Å². The summed E-state index contributed by atoms with van der Waals surface area (Å²) in [5.74, 6) is 0.735. The maximum Gasteiger partial charge on any atom is 0.0951 e. The highest BCUT2D eigenvalue weighted by Gasteiger charge is 2.28. The Labute approximate surface area is 98.9 Å². The van der Waals surface area contributed by atoms with Crippen molar-refractivity contribution in [1.82, 2.24) is 9.55 Å². The largest absolute Gasteiger partial charge is 0.328 e. The predicted octanol–water partition coefficient (Wildman–Crippen LogP) is 2.35. The van der Waals surface area contributed by atoms with Crippen LogP contribution < -0.4 is 5.73 Å². The summed E-state index contributed by atoms with van der Waals surface area (Å²) in [5, 5.41) is 2.09. The standard InChI is InChI=1S/C12H15N3S/c13-10(9-3-4-9)7-15-8-14-6-11(15)12-2-1-5-16-12/h1-2,5-6,8-10H,3-4,7,13H2. The third kappa shape index (κ3) is 1.90. The molecule has 0 aromatic carbocycles. The Bertz CT molecular complexity index is 456. The summed E-state index contributed by atoms with van der Waals surface area (Å²) in [6.45, 7) is 0.887. The molecule has 1 aliphatic carbocycles. The van der Waals surface area contributed by atoms with Crippen LogP contribution in [0.25, 0.3) is 10.6 Å². The number of thiophene rings is 1. The molecule has 84 valence electrons. The van der Waals surface area contributed by atoms with Gasteiger partial charge in [0.1, 0.15) is 0 Å². The Balaban J connectivity index is 1.82. The van der Waals surface area contributed by atoms with E-state index in [4.69, 9.17) is 5.73 Å². The molecule has 1 fully saturated rings. The predicted molar refractivity (Wildman–Crippen MR) is 66.2 cm³/mol. The van der Waals surface area contributed by atoms with Gasteiger partial charge in [0.25, 0.3) is 0 Å². The highest BCUT2D eigenvalue weighted by molar-refractivity contribution is 7.13. The van der Waals surface area contributed by atoms with Crippen molar-refractivity contribution in [2.45, 2.75) is 25.4 Å². The van der Waals surface area contributed by atoms with E-state index < -0.39 is 0 Å². The van der Waals surface area contributed by atoms with Crippen LogP contribution in [0.5, 0.6) is 0 Å². The first-order valence-corrected chi connectivity index (χ1v) is 6.52. The summed E-state index contributed by atoms with van der Waals surface area (Å²) in [6.07, 6.45) is 6.40. The third-order valence-corrected chi connectivity index (χ3v) is 4.01. The Kier molecular flexibility index (Phi) is 2.53. The molecule has 0 radical (unpaired) electrons. The normalized spacial score (nSPS) is 17.6. The fraction of sp³-hybridized carbons (Fsp3) is 0.417. The van der Waals surface area contributed by atoms with E-state index in [0.29, 0.717) is 0 Å². The molecule has 1 atom stereocenters. The average Bonchev–Trinajstić information content (AvgIpc) is 2.81. The Morgan fingerprint density at radius 1 is 1.56 bits per heavy atom. The van der Waals surface area contributed by atoms with Gasteiger partial charge < -0.3 is 10.3 Å². The van der Waals surface area contributed by atoms with E-state index in [0.717, 1.165) is 12.5 Å². The number of rotatable bonds is 4. The minimum Gasteiger partial charge on any atom is -0.328 e. The lowest BCUT2D eigenvalue weighted by Gasteiger charge is -2.13. The molecule has 0 amide bonds. The van der Waals surface area contributed by atoms with Crippen molar-refractivity contribution < 1.29 is 0 Å². The van der Waals surface area contributed by atoms with Gasteiger partial charge in [-0.3, -0.25) is 0 Å². The molecule has 2 N–H and O–H groups in total. The highest BCUT2D eigenvalue weighted by Crippen LogP contribution is 2.33. The molecule has 2 aromatic rings. The fourth-order valence-electron chi connectivity index (χ4n) is 2.00. The quantitative estimate of drug-likeness (QED) is 0.881. The molecule has 0 saturated heterocycles. The molecule has 16 heavy (non-hydrogen) atoms. The molecule has 3 nitrogen and oxygen atoms in total. The summed E-state index contributed by atoms with van der Waals surface area (Å²) >= 11 is 1.74. The van der Waals surface area contributed by atoms with Gasteiger partial charge in [0.2, 0.25) is 0 Å². The lowest BCUT2D eigenvalue weighted by atomic mass is 10.2. The smallest absolute Gasteiger partial charge is 0.0951 e. The maximum absolute atomic E-state index is 6.15. The van der Waals surface area contributed by atoms with Gasteiger partial charge in [0.15, 0.2) is 0 Å². The average molecular weight is 233 g/mol. The second-order valence-corrected chi connectivity index (χ2v) is 5.36. The zero-order chi connectivity index (χ0) is 11.0. The minimum atomic E-state index is 0.285. The number of hydrogen-bond acceptors (Lipinski definition) is 3. The summed E-state index contributed by atoms with van der Waals surface area (Å²) < 4.78 is 2.18. The minimum absolute atomic E-state index is 0.285. The molecule has 2 aromatic heterocycles. The van der Waals surface area contributed by atoms with E-state index in [2.05, 4.69) is 27.1 Å². The van der Waals surface area contributed by atoms with Crippen molar-refractivity contribution in [1.29, 1.82) is 0 Å². The topological polar surface area (TPSA) is 43.8 Å². The van der Waals surface area contributed by atoms with Gasteiger partial charge in [-0.15, -0.1) is 11.3 Å². The number of hydrogen-bond donors (Lipinski definition) is 1. The summed E-state index contributed by atoms with van der Waals surface area (Å²) in [6, 6.07) is 4.48. The number of imidazole rings is 1. The van der Waals surface area contributed by atoms with E-state index in [-0.39, 0.29) is 6.04 Å². The van der Waals surface area contributed by atoms with Gasteiger partial charge in [0.05, 0.1) is 23.1 Å². The van der Waals surface area contributed by atoms with Gasteiger partial charge in [0, 0.05) is 12.6 Å². The van der Waals surface area contributed by atoms with Crippen LogP contribution in [-0.2, 0) is 6.54 Å². The van der Waals surface area contributed by atoms with Crippen molar-refractivity contribution in [2.75, 3.05) is 0 Å². The van der Waals surface area contributed by atoms with Crippen LogP contribution in [0.3, 0.4) is 0 Å². The Morgan fingerprint density at radius 2 is 2.44 bits per heavy atom. The van der Waals surface area contributed by atoms with Gasteiger partial charge in [-0.1, -0.05) is 6.07 Å². The van der Waals surface area contributed by atoms with E-state index in [1.807, 2.05) is 12.5 Å². The van der Waals surface area contributed by atoms with Crippen molar-refractivity contribution in [3.8, 4) is 10.6 Å². The lowest BCUT2D eigenvalue weighted by molar-refractivity contribution is 0.505. The molecule has 0 aliphatic heterocycles. The SMILES string of the molecule is NC(Cn1cncc1-c1cccs1)C1CC1. The molecule has 3 rings (SSSR count). The molecular weight excluding hydrogens is 218 g/mol.